The standard InChI is InChI=1S/C17H18N2O5/c1-24-16-8-3-2-6-14(16)9-10-18(17(20)21)12-13-5-4-7-15(11-13)19(22)23/h2-8,11H,9-10,12H2,1H3,(H,20,21). The molecule has 7 heteroatoms. The number of nitro groups is 1. The van der Waals surface area contributed by atoms with E-state index in [1.54, 1.807) is 19.2 Å². The Labute approximate surface area is 139 Å². The Morgan fingerprint density at radius 3 is 2.67 bits per heavy atom. The molecular formula is C17H18N2O5. The number of amides is 1. The van der Waals surface area contributed by atoms with E-state index >= 15 is 0 Å². The summed E-state index contributed by atoms with van der Waals surface area (Å²) < 4.78 is 5.26. The van der Waals surface area contributed by atoms with Gasteiger partial charge < -0.3 is 14.7 Å². The molecule has 0 radical (unpaired) electrons. The van der Waals surface area contributed by atoms with Crippen molar-refractivity contribution in [3.8, 4) is 5.75 Å². The number of ether oxygens (including phenoxy) is 1. The highest BCUT2D eigenvalue weighted by Gasteiger charge is 2.15. The normalized spacial score (nSPS) is 10.2. The van der Waals surface area contributed by atoms with Gasteiger partial charge in [0, 0.05) is 25.2 Å². The van der Waals surface area contributed by atoms with Gasteiger partial charge in [0.2, 0.25) is 0 Å². The maximum atomic E-state index is 11.5. The molecule has 0 fully saturated rings. The minimum atomic E-state index is -1.07. The van der Waals surface area contributed by atoms with Gasteiger partial charge in [0.05, 0.1) is 12.0 Å². The number of hydrogen-bond donors (Lipinski definition) is 1. The Bertz CT molecular complexity index is 732. The lowest BCUT2D eigenvalue weighted by molar-refractivity contribution is -0.384. The molecule has 0 spiro atoms. The summed E-state index contributed by atoms with van der Waals surface area (Å²) in [5, 5.41) is 20.2. The second kappa shape index (κ2) is 7.96. The van der Waals surface area contributed by atoms with E-state index in [2.05, 4.69) is 0 Å². The summed E-state index contributed by atoms with van der Waals surface area (Å²) in [5.74, 6) is 0.707. The van der Waals surface area contributed by atoms with Crippen LogP contribution in [0.4, 0.5) is 10.5 Å². The lowest BCUT2D eigenvalue weighted by atomic mass is 10.1. The fraction of sp³-hybridized carbons (Fsp3) is 0.235. The Morgan fingerprint density at radius 2 is 2.00 bits per heavy atom. The summed E-state index contributed by atoms with van der Waals surface area (Å²) in [6.07, 6.45) is -0.581. The smallest absolute Gasteiger partial charge is 0.407 e. The van der Waals surface area contributed by atoms with E-state index in [0.29, 0.717) is 17.7 Å². The fourth-order valence-electron chi connectivity index (χ4n) is 2.40. The third-order valence-electron chi connectivity index (χ3n) is 3.61. The average molecular weight is 330 g/mol. The summed E-state index contributed by atoms with van der Waals surface area (Å²) >= 11 is 0. The van der Waals surface area contributed by atoms with Crippen molar-refractivity contribution in [3.63, 3.8) is 0 Å². The highest BCUT2D eigenvalue weighted by atomic mass is 16.6. The third-order valence-corrected chi connectivity index (χ3v) is 3.61. The van der Waals surface area contributed by atoms with Crippen molar-refractivity contribution in [2.24, 2.45) is 0 Å². The lowest BCUT2D eigenvalue weighted by Gasteiger charge is -2.20. The summed E-state index contributed by atoms with van der Waals surface area (Å²) in [6, 6.07) is 13.4. The molecule has 2 aromatic rings. The van der Waals surface area contributed by atoms with E-state index < -0.39 is 11.0 Å². The first-order chi connectivity index (χ1) is 11.5. The molecular weight excluding hydrogens is 312 g/mol. The van der Waals surface area contributed by atoms with Crippen LogP contribution >= 0.6 is 0 Å². The van der Waals surface area contributed by atoms with Crippen LogP contribution < -0.4 is 4.74 Å². The Hall–Kier alpha value is -3.09. The largest absolute Gasteiger partial charge is 0.496 e. The molecule has 0 unspecified atom stereocenters. The zero-order chi connectivity index (χ0) is 17.5. The Balaban J connectivity index is 2.08. The quantitative estimate of drug-likeness (QED) is 0.621. The van der Waals surface area contributed by atoms with E-state index in [0.717, 1.165) is 5.56 Å². The maximum absolute atomic E-state index is 11.5. The molecule has 126 valence electrons. The highest BCUT2D eigenvalue weighted by molar-refractivity contribution is 5.65. The van der Waals surface area contributed by atoms with E-state index in [4.69, 9.17) is 4.74 Å². The predicted molar refractivity (Wildman–Crippen MR) is 88.2 cm³/mol. The summed E-state index contributed by atoms with van der Waals surface area (Å²) in [6.45, 7) is 0.352. The van der Waals surface area contributed by atoms with Crippen LogP contribution in [-0.2, 0) is 13.0 Å². The fourth-order valence-corrected chi connectivity index (χ4v) is 2.40. The van der Waals surface area contributed by atoms with Crippen LogP contribution in [0.3, 0.4) is 0 Å². The minimum Gasteiger partial charge on any atom is -0.496 e. The molecule has 0 aliphatic heterocycles. The number of nitrogens with zero attached hydrogens (tertiary/aromatic N) is 2. The van der Waals surface area contributed by atoms with Gasteiger partial charge in [-0.2, -0.15) is 0 Å². The Kier molecular flexibility index (Phi) is 5.73. The van der Waals surface area contributed by atoms with Gasteiger partial charge >= 0.3 is 6.09 Å². The lowest BCUT2D eigenvalue weighted by Crippen LogP contribution is -2.31. The van der Waals surface area contributed by atoms with Gasteiger partial charge in [0.25, 0.3) is 5.69 Å². The first-order valence-corrected chi connectivity index (χ1v) is 7.34. The zero-order valence-corrected chi connectivity index (χ0v) is 13.2. The molecule has 0 heterocycles. The van der Waals surface area contributed by atoms with Crippen LogP contribution in [0.1, 0.15) is 11.1 Å². The molecule has 0 bridgehead atoms. The topological polar surface area (TPSA) is 92.9 Å². The van der Waals surface area contributed by atoms with Crippen molar-refractivity contribution >= 4 is 11.8 Å². The number of para-hydroxylation sites is 1. The van der Waals surface area contributed by atoms with E-state index in [-0.39, 0.29) is 18.8 Å². The molecule has 1 N–H and O–H groups in total. The maximum Gasteiger partial charge on any atom is 0.407 e. The molecule has 0 atom stereocenters. The number of carboxylic acid groups (broad SMARTS) is 1. The van der Waals surface area contributed by atoms with Crippen LogP contribution in [0.5, 0.6) is 5.75 Å². The van der Waals surface area contributed by atoms with Crippen molar-refractivity contribution in [3.05, 3.63) is 69.8 Å². The number of methoxy groups -OCH3 is 1. The number of non-ortho nitro benzene ring substituents is 1. The number of benzene rings is 2. The van der Waals surface area contributed by atoms with E-state index in [9.17, 15) is 20.0 Å². The summed E-state index contributed by atoms with van der Waals surface area (Å²) in [4.78, 5) is 23.0. The van der Waals surface area contributed by atoms with Gasteiger partial charge in [0.1, 0.15) is 5.75 Å². The average Bonchev–Trinajstić information content (AvgIpc) is 2.58. The minimum absolute atomic E-state index is 0.0532. The van der Waals surface area contributed by atoms with Crippen LogP contribution in [0.2, 0.25) is 0 Å². The first-order valence-electron chi connectivity index (χ1n) is 7.34. The van der Waals surface area contributed by atoms with E-state index in [1.807, 2.05) is 24.3 Å². The van der Waals surface area contributed by atoms with Crippen molar-refractivity contribution < 1.29 is 19.6 Å². The van der Waals surface area contributed by atoms with Crippen LogP contribution in [-0.4, -0.2) is 34.7 Å². The predicted octanol–water partition coefficient (Wildman–Crippen LogP) is 3.33. The van der Waals surface area contributed by atoms with Gasteiger partial charge in [-0.05, 0) is 23.6 Å². The second-order valence-corrected chi connectivity index (χ2v) is 5.19. The molecule has 0 aliphatic carbocycles. The van der Waals surface area contributed by atoms with Crippen LogP contribution in [0.15, 0.2) is 48.5 Å². The molecule has 7 nitrogen and oxygen atoms in total. The van der Waals surface area contributed by atoms with Crippen LogP contribution in [0, 0.1) is 10.1 Å². The number of rotatable bonds is 7. The van der Waals surface area contributed by atoms with Gasteiger partial charge in [0.15, 0.2) is 0 Å². The number of hydrogen-bond acceptors (Lipinski definition) is 4. The molecule has 1 amide bonds. The monoisotopic (exact) mass is 330 g/mol. The van der Waals surface area contributed by atoms with E-state index in [1.165, 1.54) is 17.0 Å². The molecule has 2 rings (SSSR count). The third kappa shape index (κ3) is 4.45. The second-order valence-electron chi connectivity index (χ2n) is 5.19. The molecule has 24 heavy (non-hydrogen) atoms. The number of nitro benzene ring substituents is 1. The van der Waals surface area contributed by atoms with Crippen molar-refractivity contribution in [1.29, 1.82) is 0 Å². The van der Waals surface area contributed by atoms with Gasteiger partial charge in [-0.1, -0.05) is 30.3 Å². The highest BCUT2D eigenvalue weighted by Crippen LogP contribution is 2.19. The van der Waals surface area contributed by atoms with Gasteiger partial charge in [-0.15, -0.1) is 0 Å². The summed E-state index contributed by atoms with van der Waals surface area (Å²) in [5.41, 5.74) is 1.43. The SMILES string of the molecule is COc1ccccc1CCN(Cc1cccc([N+](=O)[O-])c1)C(=O)O. The van der Waals surface area contributed by atoms with Crippen molar-refractivity contribution in [2.75, 3.05) is 13.7 Å². The van der Waals surface area contributed by atoms with Crippen molar-refractivity contribution in [2.45, 2.75) is 13.0 Å². The zero-order valence-electron chi connectivity index (χ0n) is 13.2. The molecule has 0 saturated heterocycles. The van der Waals surface area contributed by atoms with Crippen LogP contribution in [0.25, 0.3) is 0 Å². The molecule has 0 saturated carbocycles. The number of carbonyl (C=O) groups is 1. The van der Waals surface area contributed by atoms with Gasteiger partial charge in [-0.25, -0.2) is 4.79 Å². The first kappa shape index (κ1) is 17.3. The summed E-state index contributed by atoms with van der Waals surface area (Å²) in [7, 11) is 1.57. The Morgan fingerprint density at radius 1 is 1.25 bits per heavy atom. The van der Waals surface area contributed by atoms with Crippen molar-refractivity contribution in [1.82, 2.24) is 4.90 Å². The molecule has 0 aliphatic rings. The van der Waals surface area contributed by atoms with Gasteiger partial charge in [-0.3, -0.25) is 10.1 Å². The molecule has 0 aromatic heterocycles. The molecule has 2 aromatic carbocycles.